The molecule has 1 aliphatic heterocycles. The van der Waals surface area contributed by atoms with Gasteiger partial charge >= 0.3 is 6.09 Å². The lowest BCUT2D eigenvalue weighted by molar-refractivity contribution is -0.385. The highest BCUT2D eigenvalue weighted by Crippen LogP contribution is 2.23. The summed E-state index contributed by atoms with van der Waals surface area (Å²) >= 11 is 0. The average molecular weight is 292 g/mol. The van der Waals surface area contributed by atoms with Gasteiger partial charge in [-0.25, -0.2) is 4.79 Å². The number of amides is 1. The quantitative estimate of drug-likeness (QED) is 0.633. The highest BCUT2D eigenvalue weighted by molar-refractivity contribution is 5.68. The lowest BCUT2D eigenvalue weighted by atomic mass is 9.92. The Hall–Kier alpha value is -2.11. The number of nitrogens with zero attached hydrogens (tertiary/aromatic N) is 2. The van der Waals surface area contributed by atoms with E-state index in [1.807, 2.05) is 0 Å². The molecule has 0 saturated carbocycles. The van der Waals surface area contributed by atoms with Crippen molar-refractivity contribution in [3.05, 3.63) is 39.9 Å². The van der Waals surface area contributed by atoms with Crippen molar-refractivity contribution < 1.29 is 14.5 Å². The number of carbonyl (C=O) groups excluding carboxylic acids is 1. The summed E-state index contributed by atoms with van der Waals surface area (Å²) < 4.78 is 5.24. The van der Waals surface area contributed by atoms with Crippen LogP contribution in [0.2, 0.25) is 0 Å². The second-order valence-electron chi connectivity index (χ2n) is 5.79. The molecule has 0 aliphatic carbocycles. The Morgan fingerprint density at radius 1 is 1.33 bits per heavy atom. The van der Waals surface area contributed by atoms with Crippen LogP contribution in [-0.2, 0) is 11.3 Å². The largest absolute Gasteiger partial charge is 0.444 e. The van der Waals surface area contributed by atoms with E-state index in [2.05, 4.69) is 13.8 Å². The minimum absolute atomic E-state index is 0.0225. The maximum absolute atomic E-state index is 12.1. The Balaban J connectivity index is 1.97. The standard InChI is InChI=1S/C15H20N2O4/c1-11-7-12(2)9-16(8-11)15(18)21-10-13-5-3-4-6-14(13)17(19)20/h3-6,11-12H,7-10H2,1-2H3. The molecule has 0 N–H and O–H groups in total. The van der Waals surface area contributed by atoms with E-state index in [0.717, 1.165) is 6.42 Å². The molecule has 1 heterocycles. The Kier molecular flexibility index (Phi) is 4.77. The lowest BCUT2D eigenvalue weighted by Gasteiger charge is -2.34. The third-order valence-electron chi connectivity index (χ3n) is 3.67. The highest BCUT2D eigenvalue weighted by Gasteiger charge is 2.26. The minimum Gasteiger partial charge on any atom is -0.444 e. The van der Waals surface area contributed by atoms with Gasteiger partial charge in [0.2, 0.25) is 0 Å². The molecule has 0 spiro atoms. The lowest BCUT2D eigenvalue weighted by Crippen LogP contribution is -2.42. The van der Waals surface area contributed by atoms with Crippen LogP contribution < -0.4 is 0 Å². The average Bonchev–Trinajstić information content (AvgIpc) is 2.43. The monoisotopic (exact) mass is 292 g/mol. The fourth-order valence-electron chi connectivity index (χ4n) is 2.85. The van der Waals surface area contributed by atoms with E-state index in [-0.39, 0.29) is 12.3 Å². The van der Waals surface area contributed by atoms with Crippen LogP contribution in [0.1, 0.15) is 25.8 Å². The first-order chi connectivity index (χ1) is 9.97. The summed E-state index contributed by atoms with van der Waals surface area (Å²) in [6, 6.07) is 6.31. The van der Waals surface area contributed by atoms with Crippen LogP contribution in [0.25, 0.3) is 0 Å². The van der Waals surface area contributed by atoms with E-state index in [1.165, 1.54) is 6.07 Å². The summed E-state index contributed by atoms with van der Waals surface area (Å²) in [4.78, 5) is 24.2. The second-order valence-corrected chi connectivity index (χ2v) is 5.79. The van der Waals surface area contributed by atoms with Gasteiger partial charge in [0, 0.05) is 19.2 Å². The molecule has 1 saturated heterocycles. The van der Waals surface area contributed by atoms with Crippen molar-refractivity contribution in [1.29, 1.82) is 0 Å². The number of benzene rings is 1. The Labute approximate surface area is 123 Å². The molecular formula is C15H20N2O4. The van der Waals surface area contributed by atoms with Crippen LogP contribution in [0.3, 0.4) is 0 Å². The zero-order chi connectivity index (χ0) is 15.4. The molecule has 1 aromatic carbocycles. The number of carbonyl (C=O) groups is 1. The van der Waals surface area contributed by atoms with E-state index < -0.39 is 11.0 Å². The van der Waals surface area contributed by atoms with E-state index in [9.17, 15) is 14.9 Å². The number of hydrogen-bond donors (Lipinski definition) is 0. The summed E-state index contributed by atoms with van der Waals surface area (Å²) in [5.74, 6) is 0.903. The molecule has 1 amide bonds. The molecule has 1 aromatic rings. The SMILES string of the molecule is CC1CC(C)CN(C(=O)OCc2ccccc2[N+](=O)[O-])C1. The van der Waals surface area contributed by atoms with Gasteiger partial charge in [-0.05, 0) is 24.3 Å². The molecule has 6 heteroatoms. The zero-order valence-electron chi connectivity index (χ0n) is 12.3. The number of rotatable bonds is 3. The number of nitro benzene ring substituents is 1. The van der Waals surface area contributed by atoms with Crippen molar-refractivity contribution in [2.75, 3.05) is 13.1 Å². The number of likely N-dealkylation sites (tertiary alicyclic amines) is 1. The predicted molar refractivity (Wildman–Crippen MR) is 77.8 cm³/mol. The van der Waals surface area contributed by atoms with Crippen LogP contribution in [-0.4, -0.2) is 29.0 Å². The molecule has 1 aliphatic rings. The Morgan fingerprint density at radius 3 is 2.57 bits per heavy atom. The first-order valence-corrected chi connectivity index (χ1v) is 7.11. The van der Waals surface area contributed by atoms with Gasteiger partial charge in [0.05, 0.1) is 10.5 Å². The van der Waals surface area contributed by atoms with Crippen LogP contribution in [0.15, 0.2) is 24.3 Å². The maximum atomic E-state index is 12.1. The smallest absolute Gasteiger partial charge is 0.410 e. The van der Waals surface area contributed by atoms with Gasteiger partial charge in [0.1, 0.15) is 6.61 Å². The van der Waals surface area contributed by atoms with Crippen LogP contribution in [0.4, 0.5) is 10.5 Å². The maximum Gasteiger partial charge on any atom is 0.410 e. The van der Waals surface area contributed by atoms with Crippen LogP contribution >= 0.6 is 0 Å². The van der Waals surface area contributed by atoms with Crippen molar-refractivity contribution in [2.24, 2.45) is 11.8 Å². The summed E-state index contributed by atoms with van der Waals surface area (Å²) in [6.45, 7) is 5.51. The molecule has 1 fully saturated rings. The zero-order valence-corrected chi connectivity index (χ0v) is 12.3. The van der Waals surface area contributed by atoms with Gasteiger partial charge < -0.3 is 9.64 Å². The molecule has 0 bridgehead atoms. The number of para-hydroxylation sites is 1. The van der Waals surface area contributed by atoms with Gasteiger partial charge in [-0.2, -0.15) is 0 Å². The first-order valence-electron chi connectivity index (χ1n) is 7.11. The third kappa shape index (κ3) is 3.93. The van der Waals surface area contributed by atoms with Crippen LogP contribution in [0, 0.1) is 22.0 Å². The Bertz CT molecular complexity index is 522. The highest BCUT2D eigenvalue weighted by atomic mass is 16.6. The fourth-order valence-corrected chi connectivity index (χ4v) is 2.85. The van der Waals surface area contributed by atoms with Gasteiger partial charge in [0.15, 0.2) is 0 Å². The number of hydrogen-bond acceptors (Lipinski definition) is 4. The van der Waals surface area contributed by atoms with Gasteiger partial charge in [-0.15, -0.1) is 0 Å². The molecule has 0 aromatic heterocycles. The van der Waals surface area contributed by atoms with E-state index >= 15 is 0 Å². The minimum atomic E-state index is -0.464. The summed E-state index contributed by atoms with van der Waals surface area (Å²) in [5, 5.41) is 10.9. The van der Waals surface area contributed by atoms with Crippen molar-refractivity contribution in [2.45, 2.75) is 26.9 Å². The third-order valence-corrected chi connectivity index (χ3v) is 3.67. The summed E-state index contributed by atoms with van der Waals surface area (Å²) in [5.41, 5.74) is 0.389. The van der Waals surface area contributed by atoms with E-state index in [4.69, 9.17) is 4.74 Å². The fraction of sp³-hybridized carbons (Fsp3) is 0.533. The van der Waals surface area contributed by atoms with Gasteiger partial charge in [-0.1, -0.05) is 26.0 Å². The molecule has 114 valence electrons. The topological polar surface area (TPSA) is 72.7 Å². The molecule has 2 rings (SSSR count). The molecule has 21 heavy (non-hydrogen) atoms. The predicted octanol–water partition coefficient (Wildman–Crippen LogP) is 3.21. The number of ether oxygens (including phenoxy) is 1. The van der Waals surface area contributed by atoms with Crippen molar-refractivity contribution in [3.63, 3.8) is 0 Å². The van der Waals surface area contributed by atoms with Crippen LogP contribution in [0.5, 0.6) is 0 Å². The van der Waals surface area contributed by atoms with E-state index in [0.29, 0.717) is 30.5 Å². The number of nitro groups is 1. The molecule has 0 radical (unpaired) electrons. The second kappa shape index (κ2) is 6.56. The molecule has 2 unspecified atom stereocenters. The molecule has 2 atom stereocenters. The molecular weight excluding hydrogens is 272 g/mol. The van der Waals surface area contributed by atoms with Gasteiger partial charge in [0.25, 0.3) is 5.69 Å². The van der Waals surface area contributed by atoms with Gasteiger partial charge in [-0.3, -0.25) is 10.1 Å². The Morgan fingerprint density at radius 2 is 1.95 bits per heavy atom. The summed E-state index contributed by atoms with van der Waals surface area (Å²) in [7, 11) is 0. The first kappa shape index (κ1) is 15.3. The van der Waals surface area contributed by atoms with Crippen molar-refractivity contribution in [1.82, 2.24) is 4.90 Å². The molecule has 6 nitrogen and oxygen atoms in total. The van der Waals surface area contributed by atoms with Crippen molar-refractivity contribution >= 4 is 11.8 Å². The van der Waals surface area contributed by atoms with Crippen molar-refractivity contribution in [3.8, 4) is 0 Å². The normalized spacial score (nSPS) is 21.9. The number of piperidine rings is 1. The summed E-state index contributed by atoms with van der Waals surface area (Å²) in [6.07, 6.45) is 0.708. The van der Waals surface area contributed by atoms with E-state index in [1.54, 1.807) is 23.1 Å².